The molecule has 1 amide bonds. The van der Waals surface area contributed by atoms with Crippen LogP contribution in [-0.2, 0) is 0 Å². The van der Waals surface area contributed by atoms with Crippen LogP contribution in [0, 0.1) is 12.1 Å². The Morgan fingerprint density at radius 2 is 1.85 bits per heavy atom. The minimum Gasteiger partial charge on any atom is -0.619 e. The minimum absolute atomic E-state index is 0.224. The summed E-state index contributed by atoms with van der Waals surface area (Å²) < 4.78 is 6.13. The Balaban J connectivity index is 1.74. The largest absolute Gasteiger partial charge is 0.619 e. The molecule has 1 N–H and O–H groups in total. The molecule has 0 aliphatic rings. The number of carbonyl (C=O) groups excluding carboxylic acids is 1. The maximum Gasteiger partial charge on any atom is 0.251 e. The van der Waals surface area contributed by atoms with E-state index in [1.165, 1.54) is 30.1 Å². The monoisotopic (exact) mass is 272 g/mol. The summed E-state index contributed by atoms with van der Waals surface area (Å²) in [6.45, 7) is 2.80. The Morgan fingerprint density at radius 3 is 2.50 bits per heavy atom. The zero-order valence-electron chi connectivity index (χ0n) is 11.2. The van der Waals surface area contributed by atoms with Crippen LogP contribution in [0.5, 0.6) is 5.75 Å². The van der Waals surface area contributed by atoms with Crippen molar-refractivity contribution in [2.45, 2.75) is 6.92 Å². The first-order valence-corrected chi connectivity index (χ1v) is 6.31. The van der Waals surface area contributed by atoms with Crippen molar-refractivity contribution in [1.29, 1.82) is 0 Å². The van der Waals surface area contributed by atoms with E-state index < -0.39 is 0 Å². The summed E-state index contributed by atoms with van der Waals surface area (Å²) in [7, 11) is 0. The van der Waals surface area contributed by atoms with Crippen molar-refractivity contribution >= 4 is 5.91 Å². The number of pyridine rings is 1. The van der Waals surface area contributed by atoms with Gasteiger partial charge in [-0.05, 0) is 19.1 Å². The zero-order valence-corrected chi connectivity index (χ0v) is 11.2. The van der Waals surface area contributed by atoms with E-state index in [9.17, 15) is 10.0 Å². The van der Waals surface area contributed by atoms with E-state index in [-0.39, 0.29) is 5.91 Å². The van der Waals surface area contributed by atoms with E-state index in [1.54, 1.807) is 0 Å². The van der Waals surface area contributed by atoms with Gasteiger partial charge in [0.25, 0.3) is 5.91 Å². The summed E-state index contributed by atoms with van der Waals surface area (Å²) >= 11 is 0. The summed E-state index contributed by atoms with van der Waals surface area (Å²) in [5.41, 5.74) is 1.62. The van der Waals surface area contributed by atoms with Gasteiger partial charge in [-0.15, -0.1) is 0 Å². The zero-order chi connectivity index (χ0) is 14.4. The number of carbonyl (C=O) groups is 1. The van der Waals surface area contributed by atoms with Gasteiger partial charge in [0.1, 0.15) is 12.4 Å². The highest BCUT2D eigenvalue weighted by Gasteiger charge is 2.05. The van der Waals surface area contributed by atoms with Crippen molar-refractivity contribution in [2.24, 2.45) is 0 Å². The Labute approximate surface area is 117 Å². The normalized spacial score (nSPS) is 10.1. The smallest absolute Gasteiger partial charge is 0.251 e. The molecule has 2 rings (SSSR count). The highest BCUT2D eigenvalue weighted by Crippen LogP contribution is 2.10. The van der Waals surface area contributed by atoms with E-state index in [0.717, 1.165) is 5.75 Å². The lowest BCUT2D eigenvalue weighted by atomic mass is 10.2. The third-order valence-corrected chi connectivity index (χ3v) is 2.74. The number of amides is 1. The SMILES string of the molecule is Cc1ccc(OCCNC(=O)c2cc[n+]([O-])cc2)cc1. The van der Waals surface area contributed by atoms with Crippen LogP contribution in [0.1, 0.15) is 15.9 Å². The molecule has 0 radical (unpaired) electrons. The molecule has 1 aromatic heterocycles. The molecule has 0 saturated carbocycles. The molecule has 0 aliphatic carbocycles. The van der Waals surface area contributed by atoms with Crippen LogP contribution in [0.2, 0.25) is 0 Å². The molecular weight excluding hydrogens is 256 g/mol. The molecule has 0 saturated heterocycles. The molecule has 1 aromatic carbocycles. The van der Waals surface area contributed by atoms with Crippen LogP contribution in [0.3, 0.4) is 0 Å². The third kappa shape index (κ3) is 3.98. The molecule has 20 heavy (non-hydrogen) atoms. The molecule has 0 atom stereocenters. The Bertz CT molecular complexity index is 565. The van der Waals surface area contributed by atoms with Crippen LogP contribution in [0.15, 0.2) is 48.8 Å². The average molecular weight is 272 g/mol. The van der Waals surface area contributed by atoms with Gasteiger partial charge in [-0.1, -0.05) is 17.7 Å². The van der Waals surface area contributed by atoms with Gasteiger partial charge in [0.2, 0.25) is 0 Å². The van der Waals surface area contributed by atoms with Gasteiger partial charge in [0.15, 0.2) is 12.4 Å². The van der Waals surface area contributed by atoms with Gasteiger partial charge in [0.05, 0.1) is 12.1 Å². The molecule has 1 heterocycles. The van der Waals surface area contributed by atoms with E-state index >= 15 is 0 Å². The first-order chi connectivity index (χ1) is 9.65. The molecule has 5 nitrogen and oxygen atoms in total. The Morgan fingerprint density at radius 1 is 1.20 bits per heavy atom. The van der Waals surface area contributed by atoms with Gasteiger partial charge in [-0.25, -0.2) is 0 Å². The average Bonchev–Trinajstić information content (AvgIpc) is 2.46. The highest BCUT2D eigenvalue weighted by molar-refractivity contribution is 5.93. The van der Waals surface area contributed by atoms with Crippen molar-refractivity contribution in [3.63, 3.8) is 0 Å². The number of aryl methyl sites for hydroxylation is 1. The van der Waals surface area contributed by atoms with Gasteiger partial charge in [-0.2, -0.15) is 4.73 Å². The number of nitrogens with zero attached hydrogens (tertiary/aromatic N) is 1. The second-order valence-electron chi connectivity index (χ2n) is 4.36. The van der Waals surface area contributed by atoms with Crippen LogP contribution >= 0.6 is 0 Å². The van der Waals surface area contributed by atoms with Gasteiger partial charge in [0, 0.05) is 12.1 Å². The van der Waals surface area contributed by atoms with Gasteiger partial charge in [-0.3, -0.25) is 4.79 Å². The predicted molar refractivity (Wildman–Crippen MR) is 74.4 cm³/mol. The van der Waals surface area contributed by atoms with Crippen molar-refractivity contribution in [3.05, 3.63) is 65.1 Å². The van der Waals surface area contributed by atoms with Crippen molar-refractivity contribution in [2.75, 3.05) is 13.2 Å². The summed E-state index contributed by atoms with van der Waals surface area (Å²) in [4.78, 5) is 11.7. The van der Waals surface area contributed by atoms with E-state index in [2.05, 4.69) is 5.32 Å². The number of aromatic nitrogens is 1. The van der Waals surface area contributed by atoms with E-state index in [0.29, 0.717) is 23.4 Å². The summed E-state index contributed by atoms with van der Waals surface area (Å²) in [6, 6.07) is 10.7. The van der Waals surface area contributed by atoms with Gasteiger partial charge >= 0.3 is 0 Å². The molecule has 5 heteroatoms. The number of nitrogens with one attached hydrogen (secondary N) is 1. The molecule has 0 unspecified atom stereocenters. The Kier molecular flexibility index (Phi) is 4.55. The fourth-order valence-electron chi connectivity index (χ4n) is 1.63. The molecular formula is C15H16N2O3. The highest BCUT2D eigenvalue weighted by atomic mass is 16.5. The minimum atomic E-state index is -0.224. The number of ether oxygens (including phenoxy) is 1. The maximum atomic E-state index is 11.7. The van der Waals surface area contributed by atoms with Crippen LogP contribution in [0.4, 0.5) is 0 Å². The molecule has 104 valence electrons. The molecule has 0 aliphatic heterocycles. The van der Waals surface area contributed by atoms with Crippen LogP contribution < -0.4 is 14.8 Å². The topological polar surface area (TPSA) is 65.3 Å². The fourth-order valence-corrected chi connectivity index (χ4v) is 1.63. The maximum absolute atomic E-state index is 11.7. The fraction of sp³-hybridized carbons (Fsp3) is 0.200. The quantitative estimate of drug-likeness (QED) is 0.509. The Hall–Kier alpha value is -2.56. The summed E-state index contributed by atoms with van der Waals surface area (Å²) in [5.74, 6) is 0.551. The van der Waals surface area contributed by atoms with Crippen LogP contribution in [-0.4, -0.2) is 19.1 Å². The first-order valence-electron chi connectivity index (χ1n) is 6.31. The number of hydrogen-bond donors (Lipinski definition) is 1. The van der Waals surface area contributed by atoms with Crippen molar-refractivity contribution in [1.82, 2.24) is 5.32 Å². The van der Waals surface area contributed by atoms with Gasteiger partial charge < -0.3 is 15.3 Å². The molecule has 0 bridgehead atoms. The lowest BCUT2D eigenvalue weighted by molar-refractivity contribution is -0.605. The molecule has 0 fully saturated rings. The standard InChI is InChI=1S/C15H16N2O3/c1-12-2-4-14(5-3-12)20-11-8-16-15(18)13-6-9-17(19)10-7-13/h2-7,9-10H,8,11H2,1H3,(H,16,18). The van der Waals surface area contributed by atoms with Crippen LogP contribution in [0.25, 0.3) is 0 Å². The number of rotatable bonds is 5. The van der Waals surface area contributed by atoms with Crippen molar-refractivity contribution in [3.8, 4) is 5.75 Å². The number of benzene rings is 1. The van der Waals surface area contributed by atoms with Crippen molar-refractivity contribution < 1.29 is 14.3 Å². The molecule has 2 aromatic rings. The first kappa shape index (κ1) is 13.9. The van der Waals surface area contributed by atoms with E-state index in [4.69, 9.17) is 4.74 Å². The summed E-state index contributed by atoms with van der Waals surface area (Å²) in [6.07, 6.45) is 2.58. The predicted octanol–water partition coefficient (Wildman–Crippen LogP) is 1.44. The lowest BCUT2D eigenvalue weighted by Gasteiger charge is -2.08. The second kappa shape index (κ2) is 6.56. The molecule has 0 spiro atoms. The second-order valence-corrected chi connectivity index (χ2v) is 4.36. The number of hydrogen-bond acceptors (Lipinski definition) is 3. The van der Waals surface area contributed by atoms with E-state index in [1.807, 2.05) is 31.2 Å². The third-order valence-electron chi connectivity index (χ3n) is 2.74. The summed E-state index contributed by atoms with van der Waals surface area (Å²) in [5, 5.41) is 13.6. The lowest BCUT2D eigenvalue weighted by Crippen LogP contribution is -2.30.